The van der Waals surface area contributed by atoms with Crippen molar-refractivity contribution in [3.63, 3.8) is 0 Å². The smallest absolute Gasteiger partial charge is 0.258 e. The van der Waals surface area contributed by atoms with E-state index in [1.54, 1.807) is 36.4 Å². The highest BCUT2D eigenvalue weighted by Gasteiger charge is 2.25. The molecule has 4 rings (SSSR count). The quantitative estimate of drug-likeness (QED) is 0.345. The van der Waals surface area contributed by atoms with E-state index in [1.807, 2.05) is 19.0 Å². The molecule has 8 nitrogen and oxygen atoms in total. The summed E-state index contributed by atoms with van der Waals surface area (Å²) in [6.07, 6.45) is 3.47. The molecule has 0 spiro atoms. The summed E-state index contributed by atoms with van der Waals surface area (Å²) in [5.41, 5.74) is 1.51. The second-order valence-electron chi connectivity index (χ2n) is 8.57. The number of hydrazone groups is 1. The summed E-state index contributed by atoms with van der Waals surface area (Å²) in [6.45, 7) is 1.47. The van der Waals surface area contributed by atoms with Crippen molar-refractivity contribution in [1.29, 1.82) is 0 Å². The summed E-state index contributed by atoms with van der Waals surface area (Å²) in [7, 11) is 4.08. The van der Waals surface area contributed by atoms with Crippen LogP contribution >= 0.6 is 0 Å². The molecule has 3 aromatic rings. The summed E-state index contributed by atoms with van der Waals surface area (Å²) in [5.74, 6) is 5.08. The van der Waals surface area contributed by atoms with Crippen LogP contribution in [0.5, 0.6) is 0 Å². The maximum absolute atomic E-state index is 13.4. The minimum absolute atomic E-state index is 0.00502. The van der Waals surface area contributed by atoms with Crippen molar-refractivity contribution >= 4 is 34.4 Å². The molecule has 1 aliphatic heterocycles. The van der Waals surface area contributed by atoms with E-state index in [4.69, 9.17) is 5.84 Å². The zero-order valence-corrected chi connectivity index (χ0v) is 19.2. The lowest BCUT2D eigenvalue weighted by Crippen LogP contribution is -2.47. The van der Waals surface area contributed by atoms with Crippen molar-refractivity contribution in [2.75, 3.05) is 27.2 Å². The maximum Gasteiger partial charge on any atom is 0.258 e. The highest BCUT2D eigenvalue weighted by Crippen LogP contribution is 2.19. The number of likely N-dealkylation sites (N-methyl/N-ethyl adjacent to an activating group) is 1. The third-order valence-corrected chi connectivity index (χ3v) is 6.09. The number of carbonyl (C=O) groups excluding carboxylic acids is 1. The molecule has 1 atom stereocenters. The number of nitrogens with two attached hydrogens (primary N) is 1. The van der Waals surface area contributed by atoms with E-state index in [0.29, 0.717) is 28.2 Å². The van der Waals surface area contributed by atoms with Crippen molar-refractivity contribution in [2.45, 2.75) is 18.9 Å². The van der Waals surface area contributed by atoms with Crippen LogP contribution in [0.2, 0.25) is 0 Å². The number of carbonyl (C=O) groups is 1. The van der Waals surface area contributed by atoms with Crippen LogP contribution in [-0.2, 0) is 0 Å². The van der Waals surface area contributed by atoms with E-state index in [0.717, 1.165) is 25.9 Å². The second-order valence-corrected chi connectivity index (χ2v) is 8.57. The number of nitrogens with zero attached hydrogens (tertiary/aromatic N) is 4. The Labute approximate surface area is 196 Å². The molecule has 2 heterocycles. The molecule has 0 saturated carbocycles. The molecular weight excluding hydrogens is 435 g/mol. The molecule has 3 N–H and O–H groups in total. The van der Waals surface area contributed by atoms with E-state index in [2.05, 4.69) is 20.0 Å². The summed E-state index contributed by atoms with van der Waals surface area (Å²) >= 11 is 0. The fourth-order valence-electron chi connectivity index (χ4n) is 4.11. The Morgan fingerprint density at radius 3 is 2.68 bits per heavy atom. The number of pyridine rings is 1. The average Bonchev–Trinajstić information content (AvgIpc) is 2.84. The minimum atomic E-state index is -0.452. The highest BCUT2D eigenvalue weighted by molar-refractivity contribution is 6.38. The van der Waals surface area contributed by atoms with Gasteiger partial charge in [-0.05, 0) is 80.9 Å². The molecule has 1 aliphatic rings. The SMILES string of the molecule is CN(C)[C@H]1CCCN(C(=O)c2ccc(N=CC(=NN)c3cc4ccc(F)cc4[nH]c3=O)cc2)C1. The number of aromatic amines is 1. The first-order valence-electron chi connectivity index (χ1n) is 11.1. The number of likely N-dealkylation sites (tertiary alicyclic amines) is 1. The van der Waals surface area contributed by atoms with Crippen molar-refractivity contribution in [1.82, 2.24) is 14.8 Å². The highest BCUT2D eigenvalue weighted by atomic mass is 19.1. The van der Waals surface area contributed by atoms with Crippen LogP contribution in [0.25, 0.3) is 10.9 Å². The topological polar surface area (TPSA) is 107 Å². The number of nitrogens with one attached hydrogen (secondary N) is 1. The number of aromatic nitrogens is 1. The lowest BCUT2D eigenvalue weighted by atomic mass is 10.0. The van der Waals surface area contributed by atoms with Crippen molar-refractivity contribution in [2.24, 2.45) is 15.9 Å². The van der Waals surface area contributed by atoms with Gasteiger partial charge in [-0.25, -0.2) is 4.39 Å². The van der Waals surface area contributed by atoms with E-state index in [1.165, 1.54) is 18.3 Å². The van der Waals surface area contributed by atoms with E-state index in [9.17, 15) is 14.0 Å². The van der Waals surface area contributed by atoms with Gasteiger partial charge in [0.2, 0.25) is 0 Å². The first-order valence-corrected chi connectivity index (χ1v) is 11.1. The molecule has 176 valence electrons. The molecule has 9 heteroatoms. The fourth-order valence-corrected chi connectivity index (χ4v) is 4.11. The van der Waals surface area contributed by atoms with Crippen molar-refractivity contribution in [3.8, 4) is 0 Å². The third-order valence-electron chi connectivity index (χ3n) is 6.09. The van der Waals surface area contributed by atoms with E-state index < -0.39 is 11.4 Å². The van der Waals surface area contributed by atoms with Gasteiger partial charge in [0.1, 0.15) is 11.5 Å². The maximum atomic E-state index is 13.4. The number of H-pyrrole nitrogens is 1. The Balaban J connectivity index is 1.50. The molecule has 1 fully saturated rings. The van der Waals surface area contributed by atoms with Gasteiger partial charge in [-0.1, -0.05) is 0 Å². The number of amides is 1. The third kappa shape index (κ3) is 5.04. The monoisotopic (exact) mass is 462 g/mol. The van der Waals surface area contributed by atoms with Crippen LogP contribution in [0.15, 0.2) is 63.4 Å². The van der Waals surface area contributed by atoms with Gasteiger partial charge in [-0.3, -0.25) is 14.6 Å². The first kappa shape index (κ1) is 23.3. The molecule has 0 bridgehead atoms. The molecule has 1 amide bonds. The van der Waals surface area contributed by atoms with Gasteiger partial charge >= 0.3 is 0 Å². The van der Waals surface area contributed by atoms with Crippen LogP contribution in [0.4, 0.5) is 10.1 Å². The molecule has 0 unspecified atom stereocenters. The zero-order valence-electron chi connectivity index (χ0n) is 19.2. The summed E-state index contributed by atoms with van der Waals surface area (Å²) < 4.78 is 13.4. The second kappa shape index (κ2) is 9.96. The van der Waals surface area contributed by atoms with Crippen molar-refractivity contribution in [3.05, 3.63) is 75.8 Å². The number of hydrogen-bond donors (Lipinski definition) is 2. The Morgan fingerprint density at radius 2 is 1.97 bits per heavy atom. The lowest BCUT2D eigenvalue weighted by Gasteiger charge is -2.36. The molecule has 1 saturated heterocycles. The predicted octanol–water partition coefficient (Wildman–Crippen LogP) is 2.90. The van der Waals surface area contributed by atoms with Crippen LogP contribution in [-0.4, -0.2) is 65.8 Å². The number of hydrogen-bond acceptors (Lipinski definition) is 6. The fraction of sp³-hybridized carbons (Fsp3) is 0.280. The van der Waals surface area contributed by atoms with Crippen LogP contribution in [0, 0.1) is 5.82 Å². The van der Waals surface area contributed by atoms with Gasteiger partial charge in [0.25, 0.3) is 11.5 Å². The Morgan fingerprint density at radius 1 is 1.21 bits per heavy atom. The first-order chi connectivity index (χ1) is 16.4. The number of piperidine rings is 1. The summed E-state index contributed by atoms with van der Waals surface area (Å²) in [6, 6.07) is 13.0. The van der Waals surface area contributed by atoms with Crippen LogP contribution in [0.3, 0.4) is 0 Å². The van der Waals surface area contributed by atoms with Gasteiger partial charge < -0.3 is 20.6 Å². The average molecular weight is 463 g/mol. The van der Waals surface area contributed by atoms with E-state index in [-0.39, 0.29) is 17.2 Å². The number of fused-ring (bicyclic) bond motifs is 1. The van der Waals surface area contributed by atoms with Crippen LogP contribution < -0.4 is 11.4 Å². The minimum Gasteiger partial charge on any atom is -0.337 e. The number of rotatable bonds is 5. The van der Waals surface area contributed by atoms with Crippen LogP contribution in [0.1, 0.15) is 28.8 Å². The van der Waals surface area contributed by atoms with Crippen molar-refractivity contribution < 1.29 is 9.18 Å². The summed E-state index contributed by atoms with van der Waals surface area (Å²) in [5, 5.41) is 4.34. The van der Waals surface area contributed by atoms with Gasteiger partial charge in [0, 0.05) is 24.7 Å². The van der Waals surface area contributed by atoms with Gasteiger partial charge in [0.05, 0.1) is 23.0 Å². The number of aliphatic imine (C=N–C) groups is 1. The Kier molecular flexibility index (Phi) is 6.83. The molecule has 34 heavy (non-hydrogen) atoms. The Bertz CT molecular complexity index is 1310. The zero-order chi connectivity index (χ0) is 24.2. The van der Waals surface area contributed by atoms with Gasteiger partial charge in [-0.2, -0.15) is 5.10 Å². The largest absolute Gasteiger partial charge is 0.337 e. The number of benzene rings is 2. The predicted molar refractivity (Wildman–Crippen MR) is 132 cm³/mol. The van der Waals surface area contributed by atoms with Gasteiger partial charge in [-0.15, -0.1) is 0 Å². The molecule has 2 aromatic carbocycles. The van der Waals surface area contributed by atoms with E-state index >= 15 is 0 Å². The lowest BCUT2D eigenvalue weighted by molar-refractivity contribution is 0.0635. The molecule has 0 radical (unpaired) electrons. The summed E-state index contributed by atoms with van der Waals surface area (Å²) in [4.78, 5) is 36.4. The number of halogens is 1. The van der Waals surface area contributed by atoms with Gasteiger partial charge in [0.15, 0.2) is 0 Å². The molecule has 0 aliphatic carbocycles. The standard InChI is InChI=1S/C25H27FN6O2/c1-31(2)20-4-3-11-32(15-20)25(34)16-6-9-19(10-7-16)28-14-23(30-27)21-12-17-5-8-18(26)13-22(17)29-24(21)33/h5-10,12-14,20H,3-4,11,15,27H2,1-2H3,(H,29,33)/t20-/m0/s1. The molecular formula is C25H27FN6O2. The molecule has 1 aromatic heterocycles. The normalized spacial score (nSPS) is 17.1. The Hall–Kier alpha value is -3.85.